The minimum Gasteiger partial charge on any atom is -0.389 e. The first-order chi connectivity index (χ1) is 7.61. The number of aryl methyl sites for hydroxylation is 1. The predicted molar refractivity (Wildman–Crippen MR) is 64.8 cm³/mol. The molecule has 1 saturated heterocycles. The summed E-state index contributed by atoms with van der Waals surface area (Å²) in [6, 6.07) is 0. The highest BCUT2D eigenvalue weighted by molar-refractivity contribution is 7.09. The summed E-state index contributed by atoms with van der Waals surface area (Å²) in [7, 11) is 0. The fourth-order valence-corrected chi connectivity index (χ4v) is 2.86. The van der Waals surface area contributed by atoms with E-state index in [2.05, 4.69) is 11.9 Å². The van der Waals surface area contributed by atoms with Crippen LogP contribution < -0.4 is 0 Å². The topological polar surface area (TPSA) is 42.4 Å². The van der Waals surface area contributed by atoms with Gasteiger partial charge in [-0.05, 0) is 19.8 Å². The van der Waals surface area contributed by atoms with E-state index in [-0.39, 0.29) is 6.10 Å². The highest BCUT2D eigenvalue weighted by Crippen LogP contribution is 2.29. The molecule has 16 heavy (non-hydrogen) atoms. The van der Waals surface area contributed by atoms with Crippen LogP contribution >= 0.6 is 11.3 Å². The molecule has 1 N–H and O–H groups in total. The highest BCUT2D eigenvalue weighted by atomic mass is 32.1. The summed E-state index contributed by atoms with van der Waals surface area (Å²) in [6.45, 7) is 4.76. The number of hydrogen-bond acceptors (Lipinski definition) is 4. The summed E-state index contributed by atoms with van der Waals surface area (Å²) in [5, 5.41) is 13.6. The van der Waals surface area contributed by atoms with Crippen molar-refractivity contribution in [3.05, 3.63) is 16.1 Å². The molecule has 2 rings (SSSR count). The maximum absolute atomic E-state index is 10.5. The van der Waals surface area contributed by atoms with Crippen LogP contribution in [0.3, 0.4) is 0 Å². The first kappa shape index (κ1) is 12.0. The first-order valence-electron chi connectivity index (χ1n) is 5.86. The number of hydrogen-bond donors (Lipinski definition) is 1. The maximum Gasteiger partial charge on any atom is 0.0897 e. The molecule has 1 aromatic rings. The molecular weight excluding hydrogens is 222 g/mol. The maximum atomic E-state index is 10.5. The number of nitrogens with zero attached hydrogens (tertiary/aromatic N) is 1. The quantitative estimate of drug-likeness (QED) is 0.883. The Morgan fingerprint density at radius 2 is 2.50 bits per heavy atom. The number of thiazole rings is 1. The molecule has 2 unspecified atom stereocenters. The van der Waals surface area contributed by atoms with Crippen molar-refractivity contribution in [3.8, 4) is 0 Å². The van der Waals surface area contributed by atoms with Crippen LogP contribution in [0.25, 0.3) is 0 Å². The average molecular weight is 241 g/mol. The molecule has 0 spiro atoms. The zero-order valence-corrected chi connectivity index (χ0v) is 10.7. The number of ether oxygens (including phenoxy) is 1. The summed E-state index contributed by atoms with van der Waals surface area (Å²) in [6.07, 6.45) is 3.30. The Kier molecular flexibility index (Phi) is 3.62. The third-order valence-corrected chi connectivity index (χ3v) is 3.98. The summed E-state index contributed by atoms with van der Waals surface area (Å²) in [5.41, 5.74) is 0.404. The predicted octanol–water partition coefficient (Wildman–Crippen LogP) is 2.31. The molecular formula is C12H19NO2S. The third kappa shape index (κ3) is 2.81. The molecule has 0 radical (unpaired) electrons. The normalized spacial score (nSPS) is 30.6. The van der Waals surface area contributed by atoms with Crippen LogP contribution in [0.15, 0.2) is 5.38 Å². The smallest absolute Gasteiger partial charge is 0.0897 e. The lowest BCUT2D eigenvalue weighted by atomic mass is 9.86. The van der Waals surface area contributed by atoms with Crippen LogP contribution in [-0.2, 0) is 11.2 Å². The van der Waals surface area contributed by atoms with Gasteiger partial charge in [-0.3, -0.25) is 0 Å². The van der Waals surface area contributed by atoms with Gasteiger partial charge in [0, 0.05) is 24.8 Å². The van der Waals surface area contributed by atoms with Gasteiger partial charge in [0.2, 0.25) is 0 Å². The van der Waals surface area contributed by atoms with Gasteiger partial charge in [0.05, 0.1) is 22.4 Å². The van der Waals surface area contributed by atoms with E-state index in [0.29, 0.717) is 13.0 Å². The molecule has 2 heterocycles. The van der Waals surface area contributed by atoms with Crippen LogP contribution in [0.5, 0.6) is 0 Å². The molecule has 0 amide bonds. The van der Waals surface area contributed by atoms with Crippen LogP contribution in [0.1, 0.15) is 36.9 Å². The Morgan fingerprint density at radius 1 is 1.69 bits per heavy atom. The Bertz CT molecular complexity index is 353. The second-order valence-electron chi connectivity index (χ2n) is 4.61. The van der Waals surface area contributed by atoms with Crippen LogP contribution in [0.4, 0.5) is 0 Å². The van der Waals surface area contributed by atoms with E-state index < -0.39 is 5.60 Å². The van der Waals surface area contributed by atoms with Crippen molar-refractivity contribution in [3.63, 3.8) is 0 Å². The van der Waals surface area contributed by atoms with Crippen molar-refractivity contribution in [1.82, 2.24) is 4.98 Å². The second-order valence-corrected chi connectivity index (χ2v) is 5.68. The SMILES string of the molecule is CCC1CC(O)(Cc2csc(C)n2)CCO1. The van der Waals surface area contributed by atoms with Gasteiger partial charge in [-0.1, -0.05) is 6.92 Å². The minimum atomic E-state index is -0.612. The van der Waals surface area contributed by atoms with Crippen molar-refractivity contribution in [2.45, 2.75) is 51.2 Å². The lowest BCUT2D eigenvalue weighted by Gasteiger charge is -2.36. The molecule has 3 nitrogen and oxygen atoms in total. The van der Waals surface area contributed by atoms with Gasteiger partial charge in [0.25, 0.3) is 0 Å². The molecule has 1 aliphatic heterocycles. The van der Waals surface area contributed by atoms with Gasteiger partial charge in [0.1, 0.15) is 0 Å². The van der Waals surface area contributed by atoms with E-state index >= 15 is 0 Å². The van der Waals surface area contributed by atoms with E-state index in [1.807, 2.05) is 12.3 Å². The average Bonchev–Trinajstić information content (AvgIpc) is 2.63. The Hall–Kier alpha value is -0.450. The summed E-state index contributed by atoms with van der Waals surface area (Å²) >= 11 is 1.64. The minimum absolute atomic E-state index is 0.207. The zero-order valence-electron chi connectivity index (χ0n) is 9.90. The van der Waals surface area contributed by atoms with Gasteiger partial charge in [-0.2, -0.15) is 0 Å². The van der Waals surface area contributed by atoms with E-state index in [1.54, 1.807) is 11.3 Å². The molecule has 0 bridgehead atoms. The zero-order chi connectivity index (χ0) is 11.6. The first-order valence-corrected chi connectivity index (χ1v) is 6.74. The van der Waals surface area contributed by atoms with Gasteiger partial charge in [-0.25, -0.2) is 4.98 Å². The molecule has 1 fully saturated rings. The summed E-state index contributed by atoms with van der Waals surface area (Å²) < 4.78 is 5.59. The van der Waals surface area contributed by atoms with Crippen molar-refractivity contribution in [1.29, 1.82) is 0 Å². The van der Waals surface area contributed by atoms with Gasteiger partial charge >= 0.3 is 0 Å². The van der Waals surface area contributed by atoms with Crippen LogP contribution in [0, 0.1) is 6.92 Å². The lowest BCUT2D eigenvalue weighted by molar-refractivity contribution is -0.103. The van der Waals surface area contributed by atoms with E-state index in [9.17, 15) is 5.11 Å². The van der Waals surface area contributed by atoms with Gasteiger partial charge < -0.3 is 9.84 Å². The molecule has 1 aromatic heterocycles. The fraction of sp³-hybridized carbons (Fsp3) is 0.750. The monoisotopic (exact) mass is 241 g/mol. The molecule has 0 aromatic carbocycles. The van der Waals surface area contributed by atoms with E-state index in [0.717, 1.165) is 30.0 Å². The largest absolute Gasteiger partial charge is 0.389 e. The number of rotatable bonds is 3. The summed E-state index contributed by atoms with van der Waals surface area (Å²) in [5.74, 6) is 0. The van der Waals surface area contributed by atoms with Crippen molar-refractivity contribution < 1.29 is 9.84 Å². The van der Waals surface area contributed by atoms with E-state index in [1.165, 1.54) is 0 Å². The van der Waals surface area contributed by atoms with Crippen molar-refractivity contribution in [2.24, 2.45) is 0 Å². The Balaban J connectivity index is 2.01. The number of aromatic nitrogens is 1. The third-order valence-electron chi connectivity index (χ3n) is 3.16. The molecule has 0 aliphatic carbocycles. The molecule has 1 aliphatic rings. The van der Waals surface area contributed by atoms with Crippen LogP contribution in [-0.4, -0.2) is 28.4 Å². The molecule has 90 valence electrons. The van der Waals surface area contributed by atoms with E-state index in [4.69, 9.17) is 4.74 Å². The van der Waals surface area contributed by atoms with Crippen molar-refractivity contribution >= 4 is 11.3 Å². The number of aliphatic hydroxyl groups is 1. The van der Waals surface area contributed by atoms with Gasteiger partial charge in [0.15, 0.2) is 0 Å². The van der Waals surface area contributed by atoms with Crippen molar-refractivity contribution in [2.75, 3.05) is 6.61 Å². The lowest BCUT2D eigenvalue weighted by Crippen LogP contribution is -2.42. The Labute approximate surface area is 100 Å². The molecule has 0 saturated carbocycles. The van der Waals surface area contributed by atoms with Gasteiger partial charge in [-0.15, -0.1) is 11.3 Å². The standard InChI is InChI=1S/C12H19NO2S/c1-3-11-7-12(14,4-5-15-11)6-10-8-16-9(2)13-10/h8,11,14H,3-7H2,1-2H3. The highest BCUT2D eigenvalue weighted by Gasteiger charge is 2.34. The molecule has 4 heteroatoms. The summed E-state index contributed by atoms with van der Waals surface area (Å²) in [4.78, 5) is 4.42. The second kappa shape index (κ2) is 4.82. The molecule has 2 atom stereocenters. The van der Waals surface area contributed by atoms with Crippen LogP contribution in [0.2, 0.25) is 0 Å². The fourth-order valence-electron chi connectivity index (χ4n) is 2.25. The Morgan fingerprint density at radius 3 is 3.12 bits per heavy atom.